The zero-order chi connectivity index (χ0) is 13.6. The Kier molecular flexibility index (Phi) is 3.23. The van der Waals surface area contributed by atoms with Crippen molar-refractivity contribution in [2.75, 3.05) is 18.0 Å². The van der Waals surface area contributed by atoms with Crippen LogP contribution in [0, 0.1) is 11.8 Å². The Morgan fingerprint density at radius 1 is 1.26 bits per heavy atom. The van der Waals surface area contributed by atoms with E-state index in [1.807, 2.05) is 13.8 Å². The van der Waals surface area contributed by atoms with Gasteiger partial charge in [0.2, 0.25) is 5.13 Å². The van der Waals surface area contributed by atoms with Gasteiger partial charge in [-0.1, -0.05) is 13.8 Å². The van der Waals surface area contributed by atoms with Crippen molar-refractivity contribution in [3.8, 4) is 0 Å². The normalized spacial score (nSPS) is 29.8. The van der Waals surface area contributed by atoms with Gasteiger partial charge >= 0.3 is 0 Å². The second kappa shape index (κ2) is 4.65. The Labute approximate surface area is 116 Å². The number of nitrogens with zero attached hydrogens (tertiary/aromatic N) is 3. The maximum absolute atomic E-state index is 13.8. The third-order valence-electron chi connectivity index (χ3n) is 4.16. The molecular formula is C13H19F2N3S. The van der Waals surface area contributed by atoms with Gasteiger partial charge in [0, 0.05) is 30.5 Å². The smallest absolute Gasteiger partial charge is 0.262 e. The first-order valence-corrected chi connectivity index (χ1v) is 7.75. The minimum absolute atomic E-state index is 0.0260. The Hall–Kier alpha value is -0.780. The van der Waals surface area contributed by atoms with Crippen molar-refractivity contribution in [1.29, 1.82) is 0 Å². The quantitative estimate of drug-likeness (QED) is 0.851. The van der Waals surface area contributed by atoms with Crippen LogP contribution in [0.1, 0.15) is 44.9 Å². The van der Waals surface area contributed by atoms with Crippen molar-refractivity contribution in [3.63, 3.8) is 0 Å². The van der Waals surface area contributed by atoms with E-state index in [0.717, 1.165) is 31.1 Å². The molecular weight excluding hydrogens is 268 g/mol. The Morgan fingerprint density at radius 3 is 2.53 bits per heavy atom. The monoisotopic (exact) mass is 287 g/mol. The van der Waals surface area contributed by atoms with Crippen LogP contribution < -0.4 is 4.90 Å². The third-order valence-corrected chi connectivity index (χ3v) is 4.95. The van der Waals surface area contributed by atoms with Gasteiger partial charge in [-0.2, -0.15) is 4.37 Å². The fraction of sp³-hybridized carbons (Fsp3) is 0.846. The van der Waals surface area contributed by atoms with E-state index < -0.39 is 17.8 Å². The number of halogens is 2. The van der Waals surface area contributed by atoms with Crippen LogP contribution in [-0.2, 0) is 0 Å². The molecule has 2 heterocycles. The first-order chi connectivity index (χ1) is 9.01. The summed E-state index contributed by atoms with van der Waals surface area (Å²) in [5.41, 5.74) is 0. The lowest BCUT2D eigenvalue weighted by atomic mass is 10.1. The van der Waals surface area contributed by atoms with Gasteiger partial charge in [-0.05, 0) is 25.2 Å². The molecule has 106 valence electrons. The molecule has 0 bridgehead atoms. The summed E-state index contributed by atoms with van der Waals surface area (Å²) in [7, 11) is 0. The van der Waals surface area contributed by atoms with Gasteiger partial charge in [0.15, 0.2) is 5.82 Å². The minimum atomic E-state index is -2.62. The SMILES string of the molecule is CC(C)[C@@H]1[C@@H](c2nsc(N3CCCCC3)n2)C1(F)F. The Bertz CT molecular complexity index is 454. The van der Waals surface area contributed by atoms with Gasteiger partial charge in [-0.3, -0.25) is 0 Å². The molecule has 0 unspecified atom stereocenters. The average molecular weight is 287 g/mol. The number of hydrogen-bond donors (Lipinski definition) is 0. The van der Waals surface area contributed by atoms with Crippen molar-refractivity contribution < 1.29 is 8.78 Å². The molecule has 0 N–H and O–H groups in total. The van der Waals surface area contributed by atoms with Crippen LogP contribution in [0.5, 0.6) is 0 Å². The van der Waals surface area contributed by atoms with Gasteiger partial charge in [0.05, 0.1) is 5.92 Å². The van der Waals surface area contributed by atoms with Crippen molar-refractivity contribution in [3.05, 3.63) is 5.82 Å². The Balaban J connectivity index is 1.75. The molecule has 2 atom stereocenters. The van der Waals surface area contributed by atoms with Crippen molar-refractivity contribution >= 4 is 16.7 Å². The number of rotatable bonds is 3. The van der Waals surface area contributed by atoms with E-state index >= 15 is 0 Å². The molecule has 1 saturated carbocycles. The fourth-order valence-electron chi connectivity index (χ4n) is 3.08. The van der Waals surface area contributed by atoms with E-state index in [1.54, 1.807) is 0 Å². The van der Waals surface area contributed by atoms with E-state index in [4.69, 9.17) is 0 Å². The molecule has 3 rings (SSSR count). The highest BCUT2D eigenvalue weighted by molar-refractivity contribution is 7.09. The summed E-state index contributed by atoms with van der Waals surface area (Å²) in [6.07, 6.45) is 3.56. The number of alkyl halides is 2. The molecule has 1 aliphatic carbocycles. The summed E-state index contributed by atoms with van der Waals surface area (Å²) in [5, 5.41) is 0.819. The van der Waals surface area contributed by atoms with Crippen LogP contribution in [0.4, 0.5) is 13.9 Å². The summed E-state index contributed by atoms with van der Waals surface area (Å²) >= 11 is 1.27. The maximum atomic E-state index is 13.8. The highest BCUT2D eigenvalue weighted by Gasteiger charge is 2.71. The van der Waals surface area contributed by atoms with Crippen LogP contribution >= 0.6 is 11.5 Å². The Morgan fingerprint density at radius 2 is 1.95 bits per heavy atom. The maximum Gasteiger partial charge on any atom is 0.262 e. The van der Waals surface area contributed by atoms with Crippen LogP contribution in [0.15, 0.2) is 0 Å². The highest BCUT2D eigenvalue weighted by atomic mass is 32.1. The fourth-order valence-corrected chi connectivity index (χ4v) is 3.84. The zero-order valence-electron chi connectivity index (χ0n) is 11.3. The van der Waals surface area contributed by atoms with E-state index in [0.29, 0.717) is 5.82 Å². The second-order valence-electron chi connectivity index (χ2n) is 5.90. The molecule has 0 spiro atoms. The summed E-state index contributed by atoms with van der Waals surface area (Å²) in [6.45, 7) is 5.64. The standard InChI is InChI=1S/C13H19F2N3S/c1-8(2)9-10(13(9,14)15)11-16-12(19-17-11)18-6-4-3-5-7-18/h8-10H,3-7H2,1-2H3/t9-,10+/m1/s1. The molecule has 0 radical (unpaired) electrons. The summed E-state index contributed by atoms with van der Waals surface area (Å²) < 4.78 is 31.7. The molecule has 1 aliphatic heterocycles. The average Bonchev–Trinajstić information content (AvgIpc) is 2.76. The van der Waals surface area contributed by atoms with Crippen LogP contribution in [0.2, 0.25) is 0 Å². The second-order valence-corrected chi connectivity index (χ2v) is 6.64. The largest absolute Gasteiger partial charge is 0.347 e. The van der Waals surface area contributed by atoms with E-state index in [9.17, 15) is 8.78 Å². The molecule has 6 heteroatoms. The van der Waals surface area contributed by atoms with Gasteiger partial charge < -0.3 is 4.90 Å². The first kappa shape index (κ1) is 13.2. The number of aromatic nitrogens is 2. The number of anilines is 1. The molecule has 3 nitrogen and oxygen atoms in total. The first-order valence-electron chi connectivity index (χ1n) is 6.98. The van der Waals surface area contributed by atoms with E-state index in [1.165, 1.54) is 18.0 Å². The number of hydrogen-bond acceptors (Lipinski definition) is 4. The number of piperidine rings is 1. The predicted octanol–water partition coefficient (Wildman–Crippen LogP) is 3.53. The van der Waals surface area contributed by atoms with Gasteiger partial charge in [0.25, 0.3) is 5.92 Å². The molecule has 0 amide bonds. The van der Waals surface area contributed by atoms with Crippen LogP contribution in [0.3, 0.4) is 0 Å². The molecule has 2 fully saturated rings. The lowest BCUT2D eigenvalue weighted by Gasteiger charge is -2.25. The molecule has 2 aliphatic rings. The molecule has 1 aromatic heterocycles. The summed E-state index contributed by atoms with van der Waals surface area (Å²) in [5.74, 6) is -3.64. The van der Waals surface area contributed by atoms with Crippen molar-refractivity contribution in [1.82, 2.24) is 9.36 Å². The minimum Gasteiger partial charge on any atom is -0.347 e. The van der Waals surface area contributed by atoms with E-state index in [-0.39, 0.29) is 5.92 Å². The summed E-state index contributed by atoms with van der Waals surface area (Å²) in [4.78, 5) is 6.55. The molecule has 1 saturated heterocycles. The van der Waals surface area contributed by atoms with Crippen LogP contribution in [0.25, 0.3) is 0 Å². The van der Waals surface area contributed by atoms with Crippen LogP contribution in [-0.4, -0.2) is 28.4 Å². The van der Waals surface area contributed by atoms with Gasteiger partial charge in [-0.15, -0.1) is 0 Å². The summed E-state index contributed by atoms with van der Waals surface area (Å²) in [6, 6.07) is 0. The molecule has 1 aromatic rings. The van der Waals surface area contributed by atoms with E-state index in [2.05, 4.69) is 14.3 Å². The topological polar surface area (TPSA) is 29.0 Å². The third kappa shape index (κ3) is 2.24. The lowest BCUT2D eigenvalue weighted by molar-refractivity contribution is 0.0838. The van der Waals surface area contributed by atoms with Crippen molar-refractivity contribution in [2.24, 2.45) is 11.8 Å². The van der Waals surface area contributed by atoms with Gasteiger partial charge in [-0.25, -0.2) is 13.8 Å². The predicted molar refractivity (Wildman–Crippen MR) is 72.0 cm³/mol. The molecule has 19 heavy (non-hydrogen) atoms. The highest BCUT2D eigenvalue weighted by Crippen LogP contribution is 2.64. The molecule has 0 aromatic carbocycles. The lowest BCUT2D eigenvalue weighted by Crippen LogP contribution is -2.29. The zero-order valence-corrected chi connectivity index (χ0v) is 12.1. The van der Waals surface area contributed by atoms with Crippen molar-refractivity contribution in [2.45, 2.75) is 45.0 Å². The van der Waals surface area contributed by atoms with Gasteiger partial charge in [0.1, 0.15) is 0 Å².